The smallest absolute Gasteiger partial charge is 0.119 e. The number of ether oxygens (including phenoxy) is 2. The molecule has 21 heavy (non-hydrogen) atoms. The van der Waals surface area contributed by atoms with Gasteiger partial charge in [0, 0.05) is 26.0 Å². The second kappa shape index (κ2) is 7.25. The van der Waals surface area contributed by atoms with Crippen molar-refractivity contribution in [2.45, 2.75) is 50.2 Å². The molecular weight excluding hydrogens is 266 g/mol. The molecule has 0 spiro atoms. The van der Waals surface area contributed by atoms with Gasteiger partial charge in [0.05, 0.1) is 18.3 Å². The van der Waals surface area contributed by atoms with Crippen molar-refractivity contribution in [1.29, 1.82) is 0 Å². The largest absolute Gasteiger partial charge is 0.494 e. The molecule has 0 aliphatic heterocycles. The number of aliphatic hydroxyl groups excluding tert-OH is 1. The summed E-state index contributed by atoms with van der Waals surface area (Å²) >= 11 is 0. The molecule has 1 aliphatic rings. The Morgan fingerprint density at radius 1 is 1.29 bits per heavy atom. The molecule has 1 aromatic rings. The molecule has 1 aliphatic carbocycles. The molecule has 0 amide bonds. The van der Waals surface area contributed by atoms with Gasteiger partial charge in [0.1, 0.15) is 5.75 Å². The quantitative estimate of drug-likeness (QED) is 0.772. The average Bonchev–Trinajstić information content (AvgIpc) is 2.46. The van der Waals surface area contributed by atoms with Gasteiger partial charge in [-0.3, -0.25) is 0 Å². The summed E-state index contributed by atoms with van der Waals surface area (Å²) in [6.07, 6.45) is 3.41. The van der Waals surface area contributed by atoms with Gasteiger partial charge >= 0.3 is 0 Å². The Labute approximate surface area is 127 Å². The molecule has 0 saturated heterocycles. The Morgan fingerprint density at radius 3 is 2.38 bits per heavy atom. The summed E-state index contributed by atoms with van der Waals surface area (Å²) in [5, 5.41) is 10.6. The van der Waals surface area contributed by atoms with E-state index in [1.54, 1.807) is 7.11 Å². The van der Waals surface area contributed by atoms with Gasteiger partial charge in [0.2, 0.25) is 0 Å². The predicted octanol–water partition coefficient (Wildman–Crippen LogP) is 2.45. The van der Waals surface area contributed by atoms with Crippen LogP contribution in [-0.2, 0) is 4.74 Å². The van der Waals surface area contributed by atoms with Crippen LogP contribution in [0.15, 0.2) is 24.3 Å². The van der Waals surface area contributed by atoms with Crippen LogP contribution in [0.1, 0.15) is 44.1 Å². The van der Waals surface area contributed by atoms with E-state index in [1.807, 2.05) is 31.2 Å². The number of benzene rings is 1. The molecule has 4 heteroatoms. The van der Waals surface area contributed by atoms with E-state index in [4.69, 9.17) is 15.2 Å². The fourth-order valence-corrected chi connectivity index (χ4v) is 3.08. The number of hydrogen-bond donors (Lipinski definition) is 2. The van der Waals surface area contributed by atoms with Gasteiger partial charge in [-0.05, 0) is 43.9 Å². The summed E-state index contributed by atoms with van der Waals surface area (Å²) in [4.78, 5) is 0. The highest BCUT2D eigenvalue weighted by Crippen LogP contribution is 2.40. The standard InChI is InChI=1S/C17H27NO3/c1-3-21-14-7-5-13(6-8-14)15(12-18)16(19)11-17(20-2)9-4-10-17/h5-8,15-16,19H,3-4,9-12,18H2,1-2H3. The Kier molecular flexibility index (Phi) is 5.62. The van der Waals surface area contributed by atoms with Crippen LogP contribution in [0.25, 0.3) is 0 Å². The molecular formula is C17H27NO3. The van der Waals surface area contributed by atoms with Gasteiger partial charge in [-0.2, -0.15) is 0 Å². The lowest BCUT2D eigenvalue weighted by atomic mass is 9.73. The SMILES string of the molecule is CCOc1ccc(C(CN)C(O)CC2(OC)CCC2)cc1. The van der Waals surface area contributed by atoms with E-state index >= 15 is 0 Å². The summed E-state index contributed by atoms with van der Waals surface area (Å²) < 4.78 is 11.1. The molecule has 3 N–H and O–H groups in total. The fourth-order valence-electron chi connectivity index (χ4n) is 3.08. The number of nitrogens with two attached hydrogens (primary N) is 1. The van der Waals surface area contributed by atoms with Gasteiger partial charge < -0.3 is 20.3 Å². The third-order valence-electron chi connectivity index (χ3n) is 4.62. The van der Waals surface area contributed by atoms with E-state index in [-0.39, 0.29) is 11.5 Å². The first-order valence-corrected chi connectivity index (χ1v) is 7.80. The first-order valence-electron chi connectivity index (χ1n) is 7.80. The monoisotopic (exact) mass is 293 g/mol. The van der Waals surface area contributed by atoms with E-state index in [0.29, 0.717) is 19.6 Å². The highest BCUT2D eigenvalue weighted by atomic mass is 16.5. The number of methoxy groups -OCH3 is 1. The maximum atomic E-state index is 10.6. The van der Waals surface area contributed by atoms with Gasteiger partial charge in [0.25, 0.3) is 0 Å². The Bertz CT molecular complexity index is 423. The van der Waals surface area contributed by atoms with Crippen molar-refractivity contribution in [3.05, 3.63) is 29.8 Å². The van der Waals surface area contributed by atoms with Crippen molar-refractivity contribution in [3.63, 3.8) is 0 Å². The topological polar surface area (TPSA) is 64.7 Å². The van der Waals surface area contributed by atoms with Crippen LogP contribution in [0, 0.1) is 0 Å². The lowest BCUT2D eigenvalue weighted by molar-refractivity contribution is -0.102. The Morgan fingerprint density at radius 2 is 1.95 bits per heavy atom. The maximum Gasteiger partial charge on any atom is 0.119 e. The lowest BCUT2D eigenvalue weighted by Gasteiger charge is -2.43. The van der Waals surface area contributed by atoms with Crippen molar-refractivity contribution < 1.29 is 14.6 Å². The molecule has 2 atom stereocenters. The van der Waals surface area contributed by atoms with Crippen molar-refractivity contribution >= 4 is 0 Å². The Balaban J connectivity index is 2.03. The van der Waals surface area contributed by atoms with Crippen LogP contribution in [-0.4, -0.2) is 37.1 Å². The molecule has 2 unspecified atom stereocenters. The minimum Gasteiger partial charge on any atom is -0.494 e. The number of rotatable bonds is 8. The maximum absolute atomic E-state index is 10.6. The highest BCUT2D eigenvalue weighted by molar-refractivity contribution is 5.30. The minimum atomic E-state index is -0.479. The molecule has 1 fully saturated rings. The van der Waals surface area contributed by atoms with Gasteiger partial charge in [-0.25, -0.2) is 0 Å². The van der Waals surface area contributed by atoms with Crippen molar-refractivity contribution in [1.82, 2.24) is 0 Å². The summed E-state index contributed by atoms with van der Waals surface area (Å²) in [7, 11) is 1.74. The molecule has 0 radical (unpaired) electrons. The van der Waals surface area contributed by atoms with Crippen molar-refractivity contribution in [3.8, 4) is 5.75 Å². The van der Waals surface area contributed by atoms with Crippen molar-refractivity contribution in [2.24, 2.45) is 5.73 Å². The van der Waals surface area contributed by atoms with Crippen LogP contribution in [0.5, 0.6) is 5.75 Å². The zero-order valence-electron chi connectivity index (χ0n) is 13.0. The second-order valence-electron chi connectivity index (χ2n) is 5.86. The lowest BCUT2D eigenvalue weighted by Crippen LogP contribution is -2.44. The zero-order valence-corrected chi connectivity index (χ0v) is 13.0. The van der Waals surface area contributed by atoms with Crippen LogP contribution in [0.3, 0.4) is 0 Å². The first-order chi connectivity index (χ1) is 10.1. The van der Waals surface area contributed by atoms with Crippen molar-refractivity contribution in [2.75, 3.05) is 20.3 Å². The number of hydrogen-bond acceptors (Lipinski definition) is 4. The van der Waals surface area contributed by atoms with Crippen LogP contribution in [0.2, 0.25) is 0 Å². The predicted molar refractivity (Wildman–Crippen MR) is 83.6 cm³/mol. The molecule has 4 nitrogen and oxygen atoms in total. The average molecular weight is 293 g/mol. The molecule has 0 bridgehead atoms. The third kappa shape index (κ3) is 3.76. The minimum absolute atomic E-state index is 0.0618. The molecule has 0 aromatic heterocycles. The molecule has 118 valence electrons. The van der Waals surface area contributed by atoms with Crippen LogP contribution in [0.4, 0.5) is 0 Å². The molecule has 1 aromatic carbocycles. The summed E-state index contributed by atoms with van der Waals surface area (Å²) in [6, 6.07) is 7.85. The second-order valence-corrected chi connectivity index (χ2v) is 5.86. The summed E-state index contributed by atoms with van der Waals surface area (Å²) in [5.41, 5.74) is 6.80. The molecule has 0 heterocycles. The van der Waals surface area contributed by atoms with Gasteiger partial charge in [0.15, 0.2) is 0 Å². The fraction of sp³-hybridized carbons (Fsp3) is 0.647. The van der Waals surface area contributed by atoms with Gasteiger partial charge in [-0.15, -0.1) is 0 Å². The van der Waals surface area contributed by atoms with E-state index in [0.717, 1.165) is 24.2 Å². The van der Waals surface area contributed by atoms with E-state index in [2.05, 4.69) is 0 Å². The van der Waals surface area contributed by atoms with E-state index in [1.165, 1.54) is 6.42 Å². The highest BCUT2D eigenvalue weighted by Gasteiger charge is 2.40. The summed E-state index contributed by atoms with van der Waals surface area (Å²) in [5.74, 6) is 0.784. The van der Waals surface area contributed by atoms with Gasteiger partial charge in [-0.1, -0.05) is 12.1 Å². The third-order valence-corrected chi connectivity index (χ3v) is 4.62. The number of aliphatic hydroxyl groups is 1. The Hall–Kier alpha value is -1.10. The first kappa shape index (κ1) is 16.3. The summed E-state index contributed by atoms with van der Waals surface area (Å²) in [6.45, 7) is 3.04. The molecule has 2 rings (SSSR count). The molecule has 1 saturated carbocycles. The van der Waals surface area contributed by atoms with Crippen LogP contribution < -0.4 is 10.5 Å². The zero-order chi connectivity index (χ0) is 15.3. The van der Waals surface area contributed by atoms with E-state index in [9.17, 15) is 5.11 Å². The van der Waals surface area contributed by atoms with Crippen LogP contribution >= 0.6 is 0 Å². The normalized spacial score (nSPS) is 19.6. The van der Waals surface area contributed by atoms with E-state index < -0.39 is 6.10 Å².